The summed E-state index contributed by atoms with van der Waals surface area (Å²) >= 11 is 0. The van der Waals surface area contributed by atoms with Crippen LogP contribution < -0.4 is 9.62 Å². The molecule has 0 atom stereocenters. The van der Waals surface area contributed by atoms with E-state index in [-0.39, 0.29) is 18.4 Å². The van der Waals surface area contributed by atoms with Crippen molar-refractivity contribution in [3.63, 3.8) is 0 Å². The van der Waals surface area contributed by atoms with Crippen molar-refractivity contribution in [3.05, 3.63) is 72.3 Å². The Labute approximate surface area is 189 Å². The Morgan fingerprint density at radius 1 is 1.03 bits per heavy atom. The minimum absolute atomic E-state index is 0.0774. The van der Waals surface area contributed by atoms with Gasteiger partial charge in [0.15, 0.2) is 0 Å². The van der Waals surface area contributed by atoms with E-state index >= 15 is 0 Å². The number of anilines is 2. The van der Waals surface area contributed by atoms with Crippen LogP contribution >= 0.6 is 0 Å². The Kier molecular flexibility index (Phi) is 7.69. The monoisotopic (exact) mass is 455 g/mol. The van der Waals surface area contributed by atoms with E-state index in [1.165, 1.54) is 10.4 Å². The molecule has 7 nitrogen and oxygen atoms in total. The number of hydrogen-bond donors (Lipinski definition) is 1. The molecule has 3 rings (SSSR count). The van der Waals surface area contributed by atoms with Gasteiger partial charge >= 0.3 is 0 Å². The molecule has 1 aliphatic rings. The van der Waals surface area contributed by atoms with Crippen LogP contribution in [0.15, 0.2) is 61.2 Å². The predicted octanol–water partition coefficient (Wildman–Crippen LogP) is 3.91. The molecule has 170 valence electrons. The first kappa shape index (κ1) is 23.5. The summed E-state index contributed by atoms with van der Waals surface area (Å²) in [5.74, 6) is -0.450. The average Bonchev–Trinajstić information content (AvgIpc) is 3.06. The van der Waals surface area contributed by atoms with Crippen molar-refractivity contribution in [1.29, 1.82) is 0 Å². The highest BCUT2D eigenvalue weighted by molar-refractivity contribution is 7.92. The number of carbonyl (C=O) groups is 2. The van der Waals surface area contributed by atoms with E-state index in [4.69, 9.17) is 0 Å². The van der Waals surface area contributed by atoms with Gasteiger partial charge in [-0.25, -0.2) is 8.42 Å². The van der Waals surface area contributed by atoms with Gasteiger partial charge in [-0.1, -0.05) is 31.1 Å². The summed E-state index contributed by atoms with van der Waals surface area (Å²) in [6, 6.07) is 13.3. The standard InChI is InChI=1S/C24H29N3O4S/c1-3-16-27(32(2,30)31)20-14-12-19(13-15-20)23(28)25-22-11-7-6-10-21(22)24(29)26-17-8-4-5-9-18-26/h3,6-7,10-15H,1,4-5,8-9,16-18H2,2H3,(H,25,28). The number of carbonyl (C=O) groups excluding carboxylic acids is 2. The third kappa shape index (κ3) is 5.76. The van der Waals surface area contributed by atoms with Crippen LogP contribution in [0.2, 0.25) is 0 Å². The molecule has 1 heterocycles. The number of nitrogens with one attached hydrogen (secondary N) is 1. The fourth-order valence-corrected chi connectivity index (χ4v) is 4.63. The summed E-state index contributed by atoms with van der Waals surface area (Å²) < 4.78 is 25.2. The van der Waals surface area contributed by atoms with E-state index in [0.717, 1.165) is 45.0 Å². The van der Waals surface area contributed by atoms with Crippen LogP contribution in [0.5, 0.6) is 0 Å². The summed E-state index contributed by atoms with van der Waals surface area (Å²) in [7, 11) is -3.47. The molecule has 1 fully saturated rings. The second-order valence-corrected chi connectivity index (χ2v) is 9.74. The largest absolute Gasteiger partial charge is 0.339 e. The first-order valence-corrected chi connectivity index (χ1v) is 12.5. The van der Waals surface area contributed by atoms with E-state index in [9.17, 15) is 18.0 Å². The van der Waals surface area contributed by atoms with Gasteiger partial charge in [0, 0.05) is 18.7 Å². The highest BCUT2D eigenvalue weighted by Gasteiger charge is 2.21. The van der Waals surface area contributed by atoms with Gasteiger partial charge < -0.3 is 10.2 Å². The number of benzene rings is 2. The first-order valence-electron chi connectivity index (χ1n) is 10.7. The molecule has 0 aliphatic carbocycles. The molecule has 2 amide bonds. The van der Waals surface area contributed by atoms with E-state index in [2.05, 4.69) is 11.9 Å². The molecule has 2 aromatic rings. The lowest BCUT2D eigenvalue weighted by Gasteiger charge is -2.22. The van der Waals surface area contributed by atoms with Gasteiger partial charge in [-0.15, -0.1) is 6.58 Å². The quantitative estimate of drug-likeness (QED) is 0.642. The number of rotatable bonds is 7. The van der Waals surface area contributed by atoms with Crippen molar-refractivity contribution in [1.82, 2.24) is 4.90 Å². The number of amides is 2. The van der Waals surface area contributed by atoms with Gasteiger partial charge in [-0.05, 0) is 49.2 Å². The molecule has 1 saturated heterocycles. The van der Waals surface area contributed by atoms with Crippen LogP contribution in [0.1, 0.15) is 46.4 Å². The van der Waals surface area contributed by atoms with Gasteiger partial charge in [0.25, 0.3) is 11.8 Å². The summed E-state index contributed by atoms with van der Waals surface area (Å²) in [5, 5.41) is 2.83. The van der Waals surface area contributed by atoms with Crippen LogP contribution in [0, 0.1) is 0 Å². The minimum Gasteiger partial charge on any atom is -0.339 e. The van der Waals surface area contributed by atoms with Crippen LogP contribution in [0.4, 0.5) is 11.4 Å². The zero-order valence-corrected chi connectivity index (χ0v) is 19.1. The lowest BCUT2D eigenvalue weighted by atomic mass is 10.1. The maximum Gasteiger partial charge on any atom is 0.255 e. The SMILES string of the molecule is C=CCN(c1ccc(C(=O)Nc2ccccc2C(=O)N2CCCCCC2)cc1)S(C)(=O)=O. The zero-order chi connectivity index (χ0) is 23.1. The van der Waals surface area contributed by atoms with Crippen LogP contribution in [0.25, 0.3) is 0 Å². The Morgan fingerprint density at radius 3 is 2.25 bits per heavy atom. The Balaban J connectivity index is 1.78. The first-order chi connectivity index (χ1) is 15.3. The predicted molar refractivity (Wildman–Crippen MR) is 128 cm³/mol. The minimum atomic E-state index is -3.47. The van der Waals surface area contributed by atoms with Gasteiger partial charge in [-0.2, -0.15) is 0 Å². The molecule has 0 bridgehead atoms. The number of sulfonamides is 1. The van der Waals surface area contributed by atoms with Gasteiger partial charge in [0.1, 0.15) is 0 Å². The summed E-state index contributed by atoms with van der Waals surface area (Å²) in [6.45, 7) is 5.18. The zero-order valence-electron chi connectivity index (χ0n) is 18.3. The normalized spacial score (nSPS) is 14.3. The molecule has 8 heteroatoms. The molecule has 1 N–H and O–H groups in total. The van der Waals surface area contributed by atoms with Crippen molar-refractivity contribution in [2.45, 2.75) is 25.7 Å². The Morgan fingerprint density at radius 2 is 1.66 bits per heavy atom. The van der Waals surface area contributed by atoms with Gasteiger partial charge in [0.05, 0.1) is 29.7 Å². The summed E-state index contributed by atoms with van der Waals surface area (Å²) in [4.78, 5) is 27.8. The lowest BCUT2D eigenvalue weighted by molar-refractivity contribution is 0.0762. The number of para-hydroxylation sites is 1. The lowest BCUT2D eigenvalue weighted by Crippen LogP contribution is -2.32. The highest BCUT2D eigenvalue weighted by Crippen LogP contribution is 2.22. The van der Waals surface area contributed by atoms with Crippen LogP contribution in [-0.4, -0.2) is 51.0 Å². The van der Waals surface area contributed by atoms with Crippen molar-refractivity contribution in [2.24, 2.45) is 0 Å². The molecule has 0 aromatic heterocycles. The molecule has 0 radical (unpaired) electrons. The topological polar surface area (TPSA) is 86.8 Å². The van der Waals surface area contributed by atoms with E-state index < -0.39 is 10.0 Å². The van der Waals surface area contributed by atoms with Crippen LogP contribution in [-0.2, 0) is 10.0 Å². The maximum absolute atomic E-state index is 13.1. The molecule has 0 saturated carbocycles. The number of nitrogens with zero attached hydrogens (tertiary/aromatic N) is 2. The summed E-state index contributed by atoms with van der Waals surface area (Å²) in [5.41, 5.74) is 1.73. The number of likely N-dealkylation sites (tertiary alicyclic amines) is 1. The Hall–Kier alpha value is -3.13. The third-order valence-corrected chi connectivity index (χ3v) is 6.57. The fraction of sp³-hybridized carbons (Fsp3) is 0.333. The van der Waals surface area contributed by atoms with E-state index in [1.807, 2.05) is 4.90 Å². The number of hydrogen-bond acceptors (Lipinski definition) is 4. The molecule has 0 spiro atoms. The maximum atomic E-state index is 13.1. The molecular formula is C24H29N3O4S. The van der Waals surface area contributed by atoms with Gasteiger partial charge in [0.2, 0.25) is 10.0 Å². The smallest absolute Gasteiger partial charge is 0.255 e. The molecular weight excluding hydrogens is 426 g/mol. The summed E-state index contributed by atoms with van der Waals surface area (Å²) in [6.07, 6.45) is 6.85. The molecule has 1 aliphatic heterocycles. The molecule has 0 unspecified atom stereocenters. The van der Waals surface area contributed by atoms with E-state index in [0.29, 0.717) is 22.5 Å². The molecule has 32 heavy (non-hydrogen) atoms. The molecule has 2 aromatic carbocycles. The average molecular weight is 456 g/mol. The Bertz CT molecular complexity index is 1070. The highest BCUT2D eigenvalue weighted by atomic mass is 32.2. The second kappa shape index (κ2) is 10.5. The fourth-order valence-electron chi connectivity index (χ4n) is 3.75. The van der Waals surface area contributed by atoms with Crippen molar-refractivity contribution in [3.8, 4) is 0 Å². The van der Waals surface area contributed by atoms with Crippen molar-refractivity contribution >= 4 is 33.2 Å². The van der Waals surface area contributed by atoms with Crippen molar-refractivity contribution < 1.29 is 18.0 Å². The van der Waals surface area contributed by atoms with Crippen LogP contribution in [0.3, 0.4) is 0 Å². The van der Waals surface area contributed by atoms with Crippen molar-refractivity contribution in [2.75, 3.05) is 35.5 Å². The van der Waals surface area contributed by atoms with Gasteiger partial charge in [-0.3, -0.25) is 13.9 Å². The second-order valence-electron chi connectivity index (χ2n) is 7.84. The third-order valence-electron chi connectivity index (χ3n) is 5.41. The van der Waals surface area contributed by atoms with E-state index in [1.54, 1.807) is 48.5 Å².